The molecule has 0 fully saturated rings. The van der Waals surface area contributed by atoms with Crippen LogP contribution >= 0.6 is 0 Å². The molecule has 142 valence electrons. The fraction of sp³-hybridized carbons (Fsp3) is 0.333. The predicted octanol–water partition coefficient (Wildman–Crippen LogP) is 2.95. The smallest absolute Gasteiger partial charge is 0.351 e. The Kier molecular flexibility index (Phi) is 5.96. The van der Waals surface area contributed by atoms with E-state index in [0.29, 0.717) is 11.5 Å². The number of ether oxygens (including phenoxy) is 3. The van der Waals surface area contributed by atoms with Gasteiger partial charge in [-0.1, -0.05) is 48.9 Å². The van der Waals surface area contributed by atoms with E-state index in [9.17, 15) is 9.59 Å². The minimum Gasteiger partial charge on any atom is -0.485 e. The van der Waals surface area contributed by atoms with E-state index in [-0.39, 0.29) is 25.2 Å². The van der Waals surface area contributed by atoms with Crippen LogP contribution in [-0.2, 0) is 14.3 Å². The van der Waals surface area contributed by atoms with Crippen LogP contribution in [0, 0.1) is 6.92 Å². The summed E-state index contributed by atoms with van der Waals surface area (Å²) in [5, 5.41) is 2.89. The third-order valence-corrected chi connectivity index (χ3v) is 4.34. The van der Waals surface area contributed by atoms with Crippen molar-refractivity contribution in [3.05, 3.63) is 59.7 Å². The van der Waals surface area contributed by atoms with E-state index in [0.717, 1.165) is 17.5 Å². The number of benzene rings is 2. The van der Waals surface area contributed by atoms with Crippen molar-refractivity contribution in [2.45, 2.75) is 32.4 Å². The monoisotopic (exact) mass is 369 g/mol. The van der Waals surface area contributed by atoms with Gasteiger partial charge >= 0.3 is 5.97 Å². The second-order valence-electron chi connectivity index (χ2n) is 6.41. The molecule has 6 nitrogen and oxygen atoms in total. The lowest BCUT2D eigenvalue weighted by molar-refractivity contribution is -0.157. The molecular formula is C21H23NO5. The Bertz CT molecular complexity index is 802. The highest BCUT2D eigenvalue weighted by atomic mass is 16.6. The molecule has 3 rings (SSSR count). The summed E-state index contributed by atoms with van der Waals surface area (Å²) in [5.41, 5.74) is 2.17. The van der Waals surface area contributed by atoms with E-state index in [1.807, 2.05) is 44.2 Å². The third-order valence-electron chi connectivity index (χ3n) is 4.34. The molecule has 1 heterocycles. The van der Waals surface area contributed by atoms with Gasteiger partial charge in [-0.2, -0.15) is 0 Å². The number of hydrogen-bond acceptors (Lipinski definition) is 5. The van der Waals surface area contributed by atoms with Crippen molar-refractivity contribution in [2.75, 3.05) is 13.2 Å². The Morgan fingerprint density at radius 2 is 1.85 bits per heavy atom. The fourth-order valence-corrected chi connectivity index (χ4v) is 2.82. The Morgan fingerprint density at radius 3 is 2.56 bits per heavy atom. The van der Waals surface area contributed by atoms with Crippen LogP contribution in [0.15, 0.2) is 48.5 Å². The molecule has 6 heteroatoms. The zero-order chi connectivity index (χ0) is 19.2. The van der Waals surface area contributed by atoms with Crippen LogP contribution < -0.4 is 14.8 Å². The normalized spacial score (nSPS) is 16.3. The first-order chi connectivity index (χ1) is 13.1. The van der Waals surface area contributed by atoms with Crippen LogP contribution in [0.1, 0.15) is 30.5 Å². The number of carbonyl (C=O) groups excluding carboxylic acids is 2. The molecule has 1 aliphatic heterocycles. The molecule has 0 saturated heterocycles. The van der Waals surface area contributed by atoms with Crippen molar-refractivity contribution < 1.29 is 23.8 Å². The van der Waals surface area contributed by atoms with Crippen LogP contribution in [0.3, 0.4) is 0 Å². The molecule has 0 unspecified atom stereocenters. The Labute approximate surface area is 158 Å². The molecule has 0 radical (unpaired) electrons. The zero-order valence-electron chi connectivity index (χ0n) is 15.4. The molecule has 0 saturated carbocycles. The first-order valence-corrected chi connectivity index (χ1v) is 8.98. The van der Waals surface area contributed by atoms with Crippen LogP contribution in [0.2, 0.25) is 0 Å². The average molecular weight is 369 g/mol. The molecule has 2 atom stereocenters. The summed E-state index contributed by atoms with van der Waals surface area (Å²) in [7, 11) is 0. The van der Waals surface area contributed by atoms with Gasteiger partial charge in [-0.05, 0) is 31.0 Å². The average Bonchev–Trinajstić information content (AvgIpc) is 2.70. The highest BCUT2D eigenvalue weighted by Crippen LogP contribution is 2.31. The van der Waals surface area contributed by atoms with Gasteiger partial charge in [0.05, 0.1) is 6.04 Å². The van der Waals surface area contributed by atoms with E-state index in [1.165, 1.54) is 0 Å². The second kappa shape index (κ2) is 8.58. The summed E-state index contributed by atoms with van der Waals surface area (Å²) < 4.78 is 16.2. The molecule has 1 amide bonds. The fourth-order valence-electron chi connectivity index (χ4n) is 2.82. The number of rotatable bonds is 6. The van der Waals surface area contributed by atoms with Crippen molar-refractivity contribution in [3.63, 3.8) is 0 Å². The lowest BCUT2D eigenvalue weighted by Crippen LogP contribution is -2.40. The molecule has 0 aromatic heterocycles. The first-order valence-electron chi connectivity index (χ1n) is 8.98. The molecule has 0 aliphatic carbocycles. The van der Waals surface area contributed by atoms with E-state index < -0.39 is 12.1 Å². The Balaban J connectivity index is 1.50. The van der Waals surface area contributed by atoms with Gasteiger partial charge in [-0.3, -0.25) is 4.79 Å². The number of hydrogen-bond donors (Lipinski definition) is 1. The van der Waals surface area contributed by atoms with Gasteiger partial charge in [0.1, 0.15) is 6.61 Å². The topological polar surface area (TPSA) is 73.9 Å². The minimum atomic E-state index is -0.883. The Morgan fingerprint density at radius 1 is 1.15 bits per heavy atom. The van der Waals surface area contributed by atoms with E-state index >= 15 is 0 Å². The number of carbonyl (C=O) groups is 2. The summed E-state index contributed by atoms with van der Waals surface area (Å²) in [6.07, 6.45) is -0.147. The molecule has 1 aliphatic rings. The molecular weight excluding hydrogens is 346 g/mol. The summed E-state index contributed by atoms with van der Waals surface area (Å²) in [5.74, 6) is 0.0969. The highest BCUT2D eigenvalue weighted by molar-refractivity contribution is 5.82. The summed E-state index contributed by atoms with van der Waals surface area (Å²) in [6, 6.07) is 14.9. The maximum absolute atomic E-state index is 12.2. The standard InChI is InChI=1S/C21H23NO5/c1-3-16(15-10-8-14(2)9-11-15)22-20(23)13-26-21(24)19-12-25-17-6-4-5-7-18(17)27-19/h4-11,16,19H,3,12-13H2,1-2H3,(H,22,23)/t16-,19-/m1/s1. The van der Waals surface area contributed by atoms with Crippen molar-refractivity contribution in [1.82, 2.24) is 5.32 Å². The van der Waals surface area contributed by atoms with Gasteiger partial charge in [0, 0.05) is 0 Å². The van der Waals surface area contributed by atoms with Crippen LogP contribution in [0.25, 0.3) is 0 Å². The minimum absolute atomic E-state index is 0.0540. The molecule has 2 aromatic rings. The summed E-state index contributed by atoms with van der Waals surface area (Å²) in [6.45, 7) is 3.70. The van der Waals surface area contributed by atoms with Gasteiger partial charge < -0.3 is 19.5 Å². The van der Waals surface area contributed by atoms with Crippen molar-refractivity contribution in [2.24, 2.45) is 0 Å². The summed E-state index contributed by atoms with van der Waals surface area (Å²) >= 11 is 0. The van der Waals surface area contributed by atoms with Gasteiger partial charge in [0.2, 0.25) is 6.10 Å². The number of aryl methyl sites for hydroxylation is 1. The summed E-state index contributed by atoms with van der Waals surface area (Å²) in [4.78, 5) is 24.3. The maximum Gasteiger partial charge on any atom is 0.351 e. The van der Waals surface area contributed by atoms with Gasteiger partial charge in [0.25, 0.3) is 5.91 Å². The van der Waals surface area contributed by atoms with E-state index in [2.05, 4.69) is 5.32 Å². The third kappa shape index (κ3) is 4.78. The van der Waals surface area contributed by atoms with Gasteiger partial charge in [0.15, 0.2) is 18.1 Å². The van der Waals surface area contributed by atoms with Crippen LogP contribution in [-0.4, -0.2) is 31.2 Å². The lowest BCUT2D eigenvalue weighted by Gasteiger charge is -2.25. The number of fused-ring (bicyclic) bond motifs is 1. The quantitative estimate of drug-likeness (QED) is 0.793. The Hall–Kier alpha value is -3.02. The van der Waals surface area contributed by atoms with Crippen molar-refractivity contribution in [1.29, 1.82) is 0 Å². The number of esters is 1. The van der Waals surface area contributed by atoms with Crippen LogP contribution in [0.5, 0.6) is 11.5 Å². The number of amides is 1. The largest absolute Gasteiger partial charge is 0.485 e. The maximum atomic E-state index is 12.2. The zero-order valence-corrected chi connectivity index (χ0v) is 15.4. The SMILES string of the molecule is CC[C@@H](NC(=O)COC(=O)[C@H]1COc2ccccc2O1)c1ccc(C)cc1. The number of nitrogens with one attached hydrogen (secondary N) is 1. The molecule has 0 spiro atoms. The van der Waals surface area contributed by atoms with Crippen LogP contribution in [0.4, 0.5) is 0 Å². The van der Waals surface area contributed by atoms with E-state index in [1.54, 1.807) is 18.2 Å². The molecule has 27 heavy (non-hydrogen) atoms. The predicted molar refractivity (Wildman–Crippen MR) is 99.7 cm³/mol. The first kappa shape index (κ1) is 18.8. The van der Waals surface area contributed by atoms with Gasteiger partial charge in [-0.15, -0.1) is 0 Å². The van der Waals surface area contributed by atoms with E-state index in [4.69, 9.17) is 14.2 Å². The molecule has 1 N–H and O–H groups in total. The molecule has 2 aromatic carbocycles. The molecule has 0 bridgehead atoms. The number of para-hydroxylation sites is 2. The highest BCUT2D eigenvalue weighted by Gasteiger charge is 2.29. The second-order valence-corrected chi connectivity index (χ2v) is 6.41. The lowest BCUT2D eigenvalue weighted by atomic mass is 10.0. The van der Waals surface area contributed by atoms with Crippen molar-refractivity contribution in [3.8, 4) is 11.5 Å². The van der Waals surface area contributed by atoms with Gasteiger partial charge in [-0.25, -0.2) is 4.79 Å². The van der Waals surface area contributed by atoms with Crippen molar-refractivity contribution >= 4 is 11.9 Å².